The van der Waals surface area contributed by atoms with Gasteiger partial charge in [0.05, 0.1) is 22.1 Å². The maximum atomic E-state index is 12.1. The summed E-state index contributed by atoms with van der Waals surface area (Å²) in [6.07, 6.45) is 2.72. The van der Waals surface area contributed by atoms with Gasteiger partial charge in [-0.15, -0.1) is 0 Å². The Morgan fingerprint density at radius 1 is 1.21 bits per heavy atom. The first kappa shape index (κ1) is 20.4. The lowest BCUT2D eigenvalue weighted by Gasteiger charge is -2.05. The highest BCUT2D eigenvalue weighted by molar-refractivity contribution is 6.43. The quantitative estimate of drug-likeness (QED) is 0.300. The smallest absolute Gasteiger partial charge is 0.312 e. The summed E-state index contributed by atoms with van der Waals surface area (Å²) in [5, 5.41) is 14.4. The van der Waals surface area contributed by atoms with Crippen LogP contribution in [0.15, 0.2) is 59.0 Å². The van der Waals surface area contributed by atoms with Crippen molar-refractivity contribution >= 4 is 46.6 Å². The second kappa shape index (κ2) is 8.81. The lowest BCUT2D eigenvalue weighted by molar-refractivity contribution is -0.385. The molecule has 0 radical (unpaired) electrons. The molecule has 0 aliphatic carbocycles. The molecule has 1 heterocycles. The number of nitro groups is 1. The van der Waals surface area contributed by atoms with Crippen LogP contribution in [0, 0.1) is 10.1 Å². The standard InChI is InChI=1S/C20H14Cl2N2O5/c1-28-18-8-5-12(11-16(18)24(26)27)23-19(25)10-7-13-6-9-17(29-13)14-3-2-4-15(21)20(14)22/h2-11H,1H3,(H,23,25). The summed E-state index contributed by atoms with van der Waals surface area (Å²) in [4.78, 5) is 22.6. The van der Waals surface area contributed by atoms with E-state index in [4.69, 9.17) is 32.4 Å². The van der Waals surface area contributed by atoms with Gasteiger partial charge in [0.2, 0.25) is 5.91 Å². The molecule has 0 saturated heterocycles. The normalized spacial score (nSPS) is 10.9. The molecule has 1 aromatic heterocycles. The van der Waals surface area contributed by atoms with Crippen LogP contribution in [-0.2, 0) is 4.79 Å². The number of carbonyl (C=O) groups excluding carboxylic acids is 1. The summed E-state index contributed by atoms with van der Waals surface area (Å²) >= 11 is 12.2. The van der Waals surface area contributed by atoms with Crippen molar-refractivity contribution in [2.75, 3.05) is 12.4 Å². The molecule has 0 unspecified atom stereocenters. The Morgan fingerprint density at radius 3 is 2.72 bits per heavy atom. The van der Waals surface area contributed by atoms with Gasteiger partial charge in [0.15, 0.2) is 5.75 Å². The molecule has 0 saturated carbocycles. The summed E-state index contributed by atoms with van der Waals surface area (Å²) in [7, 11) is 1.33. The molecule has 9 heteroatoms. The van der Waals surface area contributed by atoms with Crippen LogP contribution in [0.4, 0.5) is 11.4 Å². The van der Waals surface area contributed by atoms with E-state index in [1.165, 1.54) is 37.5 Å². The molecule has 0 aliphatic rings. The topological polar surface area (TPSA) is 94.6 Å². The number of benzene rings is 2. The molecule has 0 aliphatic heterocycles. The number of nitrogens with one attached hydrogen (secondary N) is 1. The fourth-order valence-corrected chi connectivity index (χ4v) is 2.93. The molecule has 0 fully saturated rings. The fourth-order valence-electron chi connectivity index (χ4n) is 2.53. The van der Waals surface area contributed by atoms with E-state index in [-0.39, 0.29) is 17.1 Å². The zero-order chi connectivity index (χ0) is 21.0. The first-order valence-electron chi connectivity index (χ1n) is 8.24. The molecule has 7 nitrogen and oxygen atoms in total. The molecule has 0 spiro atoms. The van der Waals surface area contributed by atoms with Crippen molar-refractivity contribution in [3.63, 3.8) is 0 Å². The Labute approximate surface area is 175 Å². The van der Waals surface area contributed by atoms with E-state index in [9.17, 15) is 14.9 Å². The van der Waals surface area contributed by atoms with Crippen molar-refractivity contribution in [3.05, 3.63) is 80.5 Å². The molecule has 1 N–H and O–H groups in total. The molecular formula is C20H14Cl2N2O5. The van der Waals surface area contributed by atoms with Gasteiger partial charge in [-0.25, -0.2) is 0 Å². The third-order valence-electron chi connectivity index (χ3n) is 3.89. The minimum absolute atomic E-state index is 0.103. The summed E-state index contributed by atoms with van der Waals surface area (Å²) in [5.41, 5.74) is 0.648. The molecule has 148 valence electrons. The zero-order valence-corrected chi connectivity index (χ0v) is 16.5. The highest BCUT2D eigenvalue weighted by Crippen LogP contribution is 2.34. The molecular weight excluding hydrogens is 419 g/mol. The summed E-state index contributed by atoms with van der Waals surface area (Å²) < 4.78 is 10.6. The number of ether oxygens (including phenoxy) is 1. The largest absolute Gasteiger partial charge is 0.490 e. The van der Waals surface area contributed by atoms with Crippen LogP contribution in [0.5, 0.6) is 5.75 Å². The van der Waals surface area contributed by atoms with Gasteiger partial charge >= 0.3 is 5.69 Å². The number of nitro benzene ring substituents is 1. The Balaban J connectivity index is 1.72. The van der Waals surface area contributed by atoms with E-state index in [0.717, 1.165) is 0 Å². The minimum Gasteiger partial charge on any atom is -0.490 e. The third-order valence-corrected chi connectivity index (χ3v) is 4.70. The van der Waals surface area contributed by atoms with E-state index >= 15 is 0 Å². The van der Waals surface area contributed by atoms with Gasteiger partial charge in [0.1, 0.15) is 11.5 Å². The van der Waals surface area contributed by atoms with Crippen LogP contribution < -0.4 is 10.1 Å². The number of hydrogen-bond donors (Lipinski definition) is 1. The molecule has 2 aromatic carbocycles. The molecule has 0 bridgehead atoms. The number of furan rings is 1. The number of rotatable bonds is 6. The van der Waals surface area contributed by atoms with Crippen molar-refractivity contribution in [1.82, 2.24) is 0 Å². The van der Waals surface area contributed by atoms with Gasteiger partial charge in [-0.3, -0.25) is 14.9 Å². The highest BCUT2D eigenvalue weighted by atomic mass is 35.5. The third kappa shape index (κ3) is 4.77. The molecule has 0 atom stereocenters. The maximum absolute atomic E-state index is 12.1. The SMILES string of the molecule is COc1ccc(NC(=O)C=Cc2ccc(-c3cccc(Cl)c3Cl)o2)cc1[N+](=O)[O-]. The Bertz CT molecular complexity index is 1110. The van der Waals surface area contributed by atoms with Crippen LogP contribution in [-0.4, -0.2) is 17.9 Å². The van der Waals surface area contributed by atoms with Crippen molar-refractivity contribution in [3.8, 4) is 17.1 Å². The Morgan fingerprint density at radius 2 is 2.00 bits per heavy atom. The van der Waals surface area contributed by atoms with Crippen molar-refractivity contribution in [1.29, 1.82) is 0 Å². The van der Waals surface area contributed by atoms with Crippen LogP contribution in [0.3, 0.4) is 0 Å². The number of anilines is 1. The minimum atomic E-state index is -0.588. The highest BCUT2D eigenvalue weighted by Gasteiger charge is 2.16. The summed E-state index contributed by atoms with van der Waals surface area (Å²) in [6, 6.07) is 12.7. The van der Waals surface area contributed by atoms with Gasteiger partial charge in [0.25, 0.3) is 0 Å². The number of amides is 1. The van der Waals surface area contributed by atoms with Crippen molar-refractivity contribution in [2.24, 2.45) is 0 Å². The molecule has 29 heavy (non-hydrogen) atoms. The van der Waals surface area contributed by atoms with Gasteiger partial charge in [-0.1, -0.05) is 29.3 Å². The van der Waals surface area contributed by atoms with Crippen molar-refractivity contribution in [2.45, 2.75) is 0 Å². The second-order valence-electron chi connectivity index (χ2n) is 5.77. The number of hydrogen-bond acceptors (Lipinski definition) is 5. The summed E-state index contributed by atoms with van der Waals surface area (Å²) in [5.74, 6) is 0.546. The van der Waals surface area contributed by atoms with E-state index in [0.29, 0.717) is 27.1 Å². The first-order chi connectivity index (χ1) is 13.9. The summed E-state index contributed by atoms with van der Waals surface area (Å²) in [6.45, 7) is 0. The lowest BCUT2D eigenvalue weighted by atomic mass is 10.2. The number of halogens is 2. The van der Waals surface area contributed by atoms with E-state index in [2.05, 4.69) is 5.32 Å². The van der Waals surface area contributed by atoms with Crippen molar-refractivity contribution < 1.29 is 18.9 Å². The monoisotopic (exact) mass is 432 g/mol. The number of methoxy groups -OCH3 is 1. The van der Waals surface area contributed by atoms with E-state index < -0.39 is 10.8 Å². The van der Waals surface area contributed by atoms with Gasteiger partial charge in [-0.2, -0.15) is 0 Å². The number of carbonyl (C=O) groups is 1. The maximum Gasteiger partial charge on any atom is 0.312 e. The fraction of sp³-hybridized carbons (Fsp3) is 0.0500. The molecule has 3 aromatic rings. The van der Waals surface area contributed by atoms with Crippen LogP contribution in [0.1, 0.15) is 5.76 Å². The average Bonchev–Trinajstić information content (AvgIpc) is 3.17. The average molecular weight is 433 g/mol. The zero-order valence-electron chi connectivity index (χ0n) is 15.0. The van der Waals surface area contributed by atoms with E-state index in [1.54, 1.807) is 30.3 Å². The van der Waals surface area contributed by atoms with Crippen LogP contribution in [0.2, 0.25) is 10.0 Å². The predicted octanol–water partition coefficient (Wildman–Crippen LogP) is 5.82. The van der Waals surface area contributed by atoms with E-state index in [1.807, 2.05) is 0 Å². The number of nitrogens with zero attached hydrogens (tertiary/aromatic N) is 1. The van der Waals surface area contributed by atoms with Gasteiger partial charge < -0.3 is 14.5 Å². The predicted molar refractivity (Wildman–Crippen MR) is 111 cm³/mol. The first-order valence-corrected chi connectivity index (χ1v) is 9.00. The van der Waals surface area contributed by atoms with Crippen LogP contribution >= 0.6 is 23.2 Å². The second-order valence-corrected chi connectivity index (χ2v) is 6.55. The molecule has 3 rings (SSSR count). The van der Waals surface area contributed by atoms with Gasteiger partial charge in [0, 0.05) is 23.4 Å². The molecule has 1 amide bonds. The van der Waals surface area contributed by atoms with Crippen LogP contribution in [0.25, 0.3) is 17.4 Å². The van der Waals surface area contributed by atoms with Gasteiger partial charge in [-0.05, 0) is 42.5 Å². The Hall–Kier alpha value is -3.29. The Kier molecular flexibility index (Phi) is 6.21. The lowest BCUT2D eigenvalue weighted by Crippen LogP contribution is -2.08.